The van der Waals surface area contributed by atoms with E-state index < -0.39 is 10.9 Å². The van der Waals surface area contributed by atoms with E-state index in [0.29, 0.717) is 0 Å². The lowest BCUT2D eigenvalue weighted by atomic mass is 10.6. The summed E-state index contributed by atoms with van der Waals surface area (Å²) in [5.74, 6) is -1.10. The van der Waals surface area contributed by atoms with Gasteiger partial charge in [0.25, 0.3) is 0 Å². The van der Waals surface area contributed by atoms with Crippen LogP contribution in [0.1, 0.15) is 17.5 Å². The van der Waals surface area contributed by atoms with Gasteiger partial charge in [0, 0.05) is 7.05 Å². The van der Waals surface area contributed by atoms with Crippen LogP contribution in [0.25, 0.3) is 0 Å². The number of hydrogen-bond donors (Lipinski definition) is 0. The summed E-state index contributed by atoms with van der Waals surface area (Å²) in [6, 6.07) is 0. The van der Waals surface area contributed by atoms with E-state index in [0.717, 1.165) is 6.20 Å². The fourth-order valence-corrected chi connectivity index (χ4v) is 0.924. The van der Waals surface area contributed by atoms with Crippen LogP contribution in [0.15, 0.2) is 6.20 Å². The van der Waals surface area contributed by atoms with Gasteiger partial charge < -0.3 is 19.4 Å². The van der Waals surface area contributed by atoms with Gasteiger partial charge in [-0.1, -0.05) is 0 Å². The molecule has 76 valence electrons. The SMILES string of the molecule is CCOC(=O)c1nc([N+](=O)[O-])cn1C. The number of nitrogens with zero attached hydrogens (tertiary/aromatic N) is 3. The highest BCUT2D eigenvalue weighted by Crippen LogP contribution is 2.10. The Balaban J connectivity index is 2.98. The number of carbonyl (C=O) groups is 1. The van der Waals surface area contributed by atoms with E-state index in [2.05, 4.69) is 9.72 Å². The molecule has 1 aromatic heterocycles. The minimum Gasteiger partial charge on any atom is -0.458 e. The molecule has 0 aliphatic carbocycles. The highest BCUT2D eigenvalue weighted by Gasteiger charge is 2.23. The van der Waals surface area contributed by atoms with E-state index in [9.17, 15) is 14.9 Å². The molecule has 0 aliphatic rings. The predicted molar refractivity (Wildman–Crippen MR) is 45.8 cm³/mol. The van der Waals surface area contributed by atoms with Crippen LogP contribution in [0.5, 0.6) is 0 Å². The van der Waals surface area contributed by atoms with Gasteiger partial charge in [0.15, 0.2) is 0 Å². The quantitative estimate of drug-likeness (QED) is 0.402. The van der Waals surface area contributed by atoms with Gasteiger partial charge in [-0.3, -0.25) is 0 Å². The number of aromatic nitrogens is 2. The third-order valence-corrected chi connectivity index (χ3v) is 1.51. The number of imidazole rings is 1. The van der Waals surface area contributed by atoms with E-state index in [-0.39, 0.29) is 18.2 Å². The summed E-state index contributed by atoms with van der Waals surface area (Å²) in [4.78, 5) is 24.4. The molecule has 0 aromatic carbocycles. The lowest BCUT2D eigenvalue weighted by Crippen LogP contribution is -2.10. The van der Waals surface area contributed by atoms with Crippen LogP contribution in [-0.4, -0.2) is 27.1 Å². The number of carbonyl (C=O) groups excluding carboxylic acids is 1. The zero-order valence-electron chi connectivity index (χ0n) is 7.76. The molecule has 0 radical (unpaired) electrons. The van der Waals surface area contributed by atoms with E-state index in [4.69, 9.17) is 0 Å². The van der Waals surface area contributed by atoms with Crippen molar-refractivity contribution in [2.75, 3.05) is 6.61 Å². The van der Waals surface area contributed by atoms with Crippen molar-refractivity contribution >= 4 is 11.8 Å². The Bertz CT molecular complexity index is 371. The fraction of sp³-hybridized carbons (Fsp3) is 0.429. The first-order valence-corrected chi connectivity index (χ1v) is 3.91. The molecule has 7 nitrogen and oxygen atoms in total. The van der Waals surface area contributed by atoms with Crippen molar-refractivity contribution in [2.24, 2.45) is 7.05 Å². The molecule has 1 rings (SSSR count). The third kappa shape index (κ3) is 1.87. The van der Waals surface area contributed by atoms with Crippen LogP contribution in [0, 0.1) is 10.1 Å². The van der Waals surface area contributed by atoms with E-state index in [1.165, 1.54) is 11.6 Å². The standard InChI is InChI=1S/C7H9N3O4/c1-3-14-7(11)6-8-5(10(12)13)4-9(6)2/h4H,3H2,1-2H3. The summed E-state index contributed by atoms with van der Waals surface area (Å²) in [5, 5.41) is 10.3. The minimum atomic E-state index is -0.664. The molecule has 0 bridgehead atoms. The Morgan fingerprint density at radius 2 is 2.43 bits per heavy atom. The number of hydrogen-bond acceptors (Lipinski definition) is 5. The summed E-state index contributed by atoms with van der Waals surface area (Å²) in [6.45, 7) is 1.86. The van der Waals surface area contributed by atoms with Crippen molar-refractivity contribution < 1.29 is 14.5 Å². The lowest BCUT2D eigenvalue weighted by molar-refractivity contribution is -0.389. The molecule has 0 atom stereocenters. The van der Waals surface area contributed by atoms with Crippen molar-refractivity contribution in [3.05, 3.63) is 22.1 Å². The van der Waals surface area contributed by atoms with Crippen LogP contribution >= 0.6 is 0 Å². The monoisotopic (exact) mass is 199 g/mol. The van der Waals surface area contributed by atoms with Gasteiger partial charge in [0.05, 0.1) is 6.61 Å². The van der Waals surface area contributed by atoms with E-state index in [1.54, 1.807) is 6.92 Å². The zero-order chi connectivity index (χ0) is 10.7. The Labute approximate surface area is 79.5 Å². The molecule has 0 saturated carbocycles. The van der Waals surface area contributed by atoms with Gasteiger partial charge in [0.2, 0.25) is 0 Å². The second kappa shape index (κ2) is 3.86. The molecule has 1 aromatic rings. The molecule has 0 amide bonds. The van der Waals surface area contributed by atoms with Gasteiger partial charge in [-0.2, -0.15) is 0 Å². The third-order valence-electron chi connectivity index (χ3n) is 1.51. The molecule has 0 N–H and O–H groups in total. The van der Waals surface area contributed by atoms with Crippen molar-refractivity contribution in [1.29, 1.82) is 0 Å². The Hall–Kier alpha value is -1.92. The summed E-state index contributed by atoms with van der Waals surface area (Å²) >= 11 is 0. The first kappa shape index (κ1) is 10.2. The molecule has 0 spiro atoms. The van der Waals surface area contributed by atoms with Gasteiger partial charge in [-0.15, -0.1) is 0 Å². The highest BCUT2D eigenvalue weighted by atomic mass is 16.6. The van der Waals surface area contributed by atoms with Crippen LogP contribution < -0.4 is 0 Å². The number of aryl methyl sites for hydroxylation is 1. The van der Waals surface area contributed by atoms with Crippen LogP contribution in [0.4, 0.5) is 5.82 Å². The topological polar surface area (TPSA) is 87.3 Å². The van der Waals surface area contributed by atoms with Crippen LogP contribution in [0.3, 0.4) is 0 Å². The summed E-state index contributed by atoms with van der Waals surface area (Å²) in [6.07, 6.45) is 1.16. The zero-order valence-corrected chi connectivity index (χ0v) is 7.76. The number of esters is 1. The van der Waals surface area contributed by atoms with Crippen molar-refractivity contribution in [2.45, 2.75) is 6.92 Å². The molecule has 0 fully saturated rings. The van der Waals surface area contributed by atoms with Gasteiger partial charge in [-0.25, -0.2) is 4.79 Å². The first-order valence-electron chi connectivity index (χ1n) is 3.91. The largest absolute Gasteiger partial charge is 0.458 e. The molecule has 0 aliphatic heterocycles. The van der Waals surface area contributed by atoms with Crippen LogP contribution in [0.2, 0.25) is 0 Å². The fourth-order valence-electron chi connectivity index (χ4n) is 0.924. The Morgan fingerprint density at radius 3 is 2.86 bits per heavy atom. The molecular formula is C7H9N3O4. The molecule has 0 unspecified atom stereocenters. The molecule has 7 heteroatoms. The number of ether oxygens (including phenoxy) is 1. The lowest BCUT2D eigenvalue weighted by Gasteiger charge is -1.96. The second-order valence-corrected chi connectivity index (χ2v) is 2.51. The highest BCUT2D eigenvalue weighted by molar-refractivity contribution is 5.85. The smallest absolute Gasteiger partial charge is 0.401 e. The predicted octanol–water partition coefficient (Wildman–Crippen LogP) is 0.505. The van der Waals surface area contributed by atoms with Gasteiger partial charge in [-0.05, 0) is 16.8 Å². The van der Waals surface area contributed by atoms with E-state index in [1.807, 2.05) is 0 Å². The molecule has 14 heavy (non-hydrogen) atoms. The van der Waals surface area contributed by atoms with Crippen molar-refractivity contribution in [3.8, 4) is 0 Å². The van der Waals surface area contributed by atoms with Gasteiger partial charge in [0.1, 0.15) is 6.20 Å². The maximum Gasteiger partial charge on any atom is 0.401 e. The normalized spacial score (nSPS) is 9.86. The van der Waals surface area contributed by atoms with Crippen LogP contribution in [-0.2, 0) is 11.8 Å². The van der Waals surface area contributed by atoms with Gasteiger partial charge >= 0.3 is 17.6 Å². The molecule has 0 saturated heterocycles. The Morgan fingerprint density at radius 1 is 1.79 bits per heavy atom. The summed E-state index contributed by atoms with van der Waals surface area (Å²) in [5.41, 5.74) is 0. The molecule has 1 heterocycles. The summed E-state index contributed by atoms with van der Waals surface area (Å²) in [7, 11) is 1.49. The molecular weight excluding hydrogens is 190 g/mol. The Kier molecular flexibility index (Phi) is 2.80. The maximum atomic E-state index is 11.2. The second-order valence-electron chi connectivity index (χ2n) is 2.51. The summed E-state index contributed by atoms with van der Waals surface area (Å²) < 4.78 is 5.92. The number of nitro groups is 1. The first-order chi connectivity index (χ1) is 6.56. The van der Waals surface area contributed by atoms with Crippen molar-refractivity contribution in [1.82, 2.24) is 9.55 Å². The van der Waals surface area contributed by atoms with Crippen molar-refractivity contribution in [3.63, 3.8) is 0 Å². The average Bonchev–Trinajstić information content (AvgIpc) is 2.48. The van der Waals surface area contributed by atoms with E-state index >= 15 is 0 Å². The minimum absolute atomic E-state index is 0.0708. The average molecular weight is 199 g/mol. The number of rotatable bonds is 3. The maximum absolute atomic E-state index is 11.2.